The summed E-state index contributed by atoms with van der Waals surface area (Å²) in [5.74, 6) is 0.787. The van der Waals surface area contributed by atoms with Crippen molar-refractivity contribution >= 4 is 26.7 Å². The highest BCUT2D eigenvalue weighted by atomic mass is 32.2. The number of sulfonamides is 1. The molecular formula is C22H25N5O3S2. The zero-order chi connectivity index (χ0) is 22.1. The molecule has 5 rings (SSSR count). The first kappa shape index (κ1) is 21.3. The van der Waals surface area contributed by atoms with Gasteiger partial charge in [0, 0.05) is 41.4 Å². The zero-order valence-corrected chi connectivity index (χ0v) is 19.4. The fourth-order valence-corrected chi connectivity index (χ4v) is 6.14. The van der Waals surface area contributed by atoms with Crippen molar-refractivity contribution in [1.82, 2.24) is 19.7 Å². The summed E-state index contributed by atoms with van der Waals surface area (Å²) in [6.45, 7) is 3.56. The summed E-state index contributed by atoms with van der Waals surface area (Å²) in [5.41, 5.74) is 4.55. The van der Waals surface area contributed by atoms with E-state index in [1.807, 2.05) is 19.2 Å². The molecule has 1 saturated heterocycles. The molecule has 0 bridgehead atoms. The lowest BCUT2D eigenvalue weighted by Crippen LogP contribution is -2.29. The lowest BCUT2D eigenvalue weighted by molar-refractivity contribution is 0.260. The number of aryl methyl sites for hydroxylation is 1. The summed E-state index contributed by atoms with van der Waals surface area (Å²) in [5, 5.41) is 3.89. The average molecular weight is 472 g/mol. The van der Waals surface area contributed by atoms with Crippen molar-refractivity contribution in [3.8, 4) is 5.75 Å². The molecule has 0 spiro atoms. The Labute approximate surface area is 191 Å². The summed E-state index contributed by atoms with van der Waals surface area (Å²) in [7, 11) is -3.75. The monoisotopic (exact) mass is 471 g/mol. The van der Waals surface area contributed by atoms with Crippen LogP contribution in [0.5, 0.6) is 5.75 Å². The topological polar surface area (TPSA) is 106 Å². The van der Waals surface area contributed by atoms with Gasteiger partial charge in [0.15, 0.2) is 0 Å². The minimum Gasteiger partial charge on any atom is -0.493 e. The molecular weight excluding hydrogens is 446 g/mol. The third-order valence-corrected chi connectivity index (χ3v) is 8.11. The van der Waals surface area contributed by atoms with Crippen LogP contribution in [-0.2, 0) is 16.4 Å². The second kappa shape index (κ2) is 8.76. The maximum absolute atomic E-state index is 12.7. The smallest absolute Gasteiger partial charge is 0.263 e. The summed E-state index contributed by atoms with van der Waals surface area (Å²) >= 11 is 0.991. The fraction of sp³-hybridized carbons (Fsp3) is 0.409. The number of piperidine rings is 1. The van der Waals surface area contributed by atoms with Crippen LogP contribution in [0.25, 0.3) is 0 Å². The maximum atomic E-state index is 12.7. The summed E-state index contributed by atoms with van der Waals surface area (Å²) in [4.78, 5) is 8.60. The Bertz CT molecular complexity index is 1210. The molecule has 1 aromatic carbocycles. The number of hydrogen-bond donors (Lipinski definition) is 2. The van der Waals surface area contributed by atoms with Gasteiger partial charge in [0.05, 0.1) is 11.5 Å². The number of anilines is 1. The molecule has 10 heteroatoms. The molecule has 2 aliphatic heterocycles. The number of benzene rings is 1. The first-order chi connectivity index (χ1) is 15.5. The fourth-order valence-electron chi connectivity index (χ4n) is 4.46. The molecule has 2 aliphatic rings. The van der Waals surface area contributed by atoms with Gasteiger partial charge >= 0.3 is 0 Å². The molecule has 168 valence electrons. The summed E-state index contributed by atoms with van der Waals surface area (Å²) in [6, 6.07) is 7.59. The number of ether oxygens (including phenoxy) is 1. The van der Waals surface area contributed by atoms with Crippen molar-refractivity contribution in [3.63, 3.8) is 0 Å². The Kier molecular flexibility index (Phi) is 5.83. The van der Waals surface area contributed by atoms with Crippen LogP contribution < -0.4 is 14.8 Å². The molecule has 0 radical (unpaired) electrons. The molecule has 2 N–H and O–H groups in total. The molecule has 0 saturated carbocycles. The number of nitrogens with zero attached hydrogens (tertiary/aromatic N) is 3. The molecule has 3 aromatic rings. The van der Waals surface area contributed by atoms with Gasteiger partial charge in [-0.15, -0.1) is 0 Å². The van der Waals surface area contributed by atoms with E-state index in [1.165, 1.54) is 30.3 Å². The van der Waals surface area contributed by atoms with Crippen molar-refractivity contribution in [2.24, 2.45) is 0 Å². The second-order valence-corrected chi connectivity index (χ2v) is 10.8. The molecule has 0 aliphatic carbocycles. The normalized spacial score (nSPS) is 20.9. The Morgan fingerprint density at radius 2 is 2.09 bits per heavy atom. The van der Waals surface area contributed by atoms with Gasteiger partial charge in [0.1, 0.15) is 12.1 Å². The van der Waals surface area contributed by atoms with Crippen LogP contribution in [0.1, 0.15) is 53.6 Å². The van der Waals surface area contributed by atoms with Gasteiger partial charge in [-0.25, -0.2) is 13.4 Å². The van der Waals surface area contributed by atoms with Crippen LogP contribution in [0.15, 0.2) is 41.7 Å². The minimum atomic E-state index is -3.75. The first-order valence-corrected chi connectivity index (χ1v) is 13.0. The van der Waals surface area contributed by atoms with Crippen LogP contribution in [0.3, 0.4) is 0 Å². The number of pyridine rings is 1. The second-order valence-electron chi connectivity index (χ2n) is 8.29. The first-order valence-electron chi connectivity index (χ1n) is 10.7. The molecule has 1 fully saturated rings. The van der Waals surface area contributed by atoms with Crippen molar-refractivity contribution in [3.05, 3.63) is 59.2 Å². The summed E-state index contributed by atoms with van der Waals surface area (Å²) < 4.78 is 37.7. The van der Waals surface area contributed by atoms with Crippen LogP contribution >= 0.6 is 11.5 Å². The van der Waals surface area contributed by atoms with Gasteiger partial charge < -0.3 is 10.1 Å². The number of hydrogen-bond acceptors (Lipinski definition) is 8. The van der Waals surface area contributed by atoms with Crippen LogP contribution in [0.2, 0.25) is 0 Å². The van der Waals surface area contributed by atoms with E-state index >= 15 is 0 Å². The predicted molar refractivity (Wildman–Crippen MR) is 123 cm³/mol. The molecule has 4 heterocycles. The Hall–Kier alpha value is -2.56. The predicted octanol–water partition coefficient (Wildman–Crippen LogP) is 3.58. The third kappa shape index (κ3) is 4.35. The van der Waals surface area contributed by atoms with E-state index < -0.39 is 10.0 Å². The molecule has 32 heavy (non-hydrogen) atoms. The zero-order valence-electron chi connectivity index (χ0n) is 17.7. The lowest BCUT2D eigenvalue weighted by atomic mass is 9.84. The van der Waals surface area contributed by atoms with Gasteiger partial charge in [0.25, 0.3) is 10.0 Å². The lowest BCUT2D eigenvalue weighted by Gasteiger charge is -2.31. The van der Waals surface area contributed by atoms with E-state index in [2.05, 4.69) is 30.4 Å². The highest BCUT2D eigenvalue weighted by molar-refractivity contribution is 7.93. The Morgan fingerprint density at radius 1 is 1.19 bits per heavy atom. The standard InChI is InChI=1S/C22H25N5O3S2/c1-14-8-18(20-4-2-3-7-23-20)19(11-24-14)16-9-15-5-6-17(10-21(15)30-12-16)32(28,29)27-22-25-13-26-31-22/h5-6,8,10-11,13,16,20,23H,2-4,7,9,12H2,1H3,(H,25,26,27)/t16?,20-/m0/s1. The molecule has 0 amide bonds. The van der Waals surface area contributed by atoms with Crippen molar-refractivity contribution < 1.29 is 13.2 Å². The van der Waals surface area contributed by atoms with Gasteiger partial charge in [0.2, 0.25) is 5.13 Å². The van der Waals surface area contributed by atoms with E-state index in [9.17, 15) is 8.42 Å². The third-order valence-electron chi connectivity index (χ3n) is 6.07. The number of aromatic nitrogens is 3. The number of nitrogens with one attached hydrogen (secondary N) is 2. The Balaban J connectivity index is 1.39. The van der Waals surface area contributed by atoms with Crippen molar-refractivity contribution in [2.45, 2.75) is 49.5 Å². The van der Waals surface area contributed by atoms with Gasteiger partial charge in [-0.3, -0.25) is 9.71 Å². The van der Waals surface area contributed by atoms with Crippen LogP contribution in [0, 0.1) is 6.92 Å². The highest BCUT2D eigenvalue weighted by Gasteiger charge is 2.28. The van der Waals surface area contributed by atoms with E-state index in [4.69, 9.17) is 4.74 Å². The number of fused-ring (bicyclic) bond motifs is 1. The SMILES string of the molecule is Cc1cc([C@@H]2CCCCN2)c(C2COc3cc(S(=O)(=O)Nc4ncns4)ccc3C2)cn1. The molecule has 1 unspecified atom stereocenters. The van der Waals surface area contributed by atoms with Crippen molar-refractivity contribution in [2.75, 3.05) is 17.9 Å². The van der Waals surface area contributed by atoms with E-state index in [1.54, 1.807) is 12.1 Å². The van der Waals surface area contributed by atoms with Crippen LogP contribution in [-0.4, -0.2) is 35.9 Å². The van der Waals surface area contributed by atoms with E-state index in [-0.39, 0.29) is 15.9 Å². The van der Waals surface area contributed by atoms with Gasteiger partial charge in [-0.2, -0.15) is 4.37 Å². The summed E-state index contributed by atoms with van der Waals surface area (Å²) in [6.07, 6.45) is 7.66. The molecule has 8 nitrogen and oxygen atoms in total. The molecule has 2 atom stereocenters. The van der Waals surface area contributed by atoms with Gasteiger partial charge in [-0.1, -0.05) is 12.5 Å². The Morgan fingerprint density at radius 3 is 2.88 bits per heavy atom. The minimum absolute atomic E-state index is 0.147. The maximum Gasteiger partial charge on any atom is 0.263 e. The highest BCUT2D eigenvalue weighted by Crippen LogP contribution is 2.37. The largest absolute Gasteiger partial charge is 0.493 e. The average Bonchev–Trinajstić information content (AvgIpc) is 3.31. The van der Waals surface area contributed by atoms with Crippen LogP contribution in [0.4, 0.5) is 5.13 Å². The van der Waals surface area contributed by atoms with Crippen molar-refractivity contribution in [1.29, 1.82) is 0 Å². The van der Waals surface area contributed by atoms with Gasteiger partial charge in [-0.05, 0) is 61.6 Å². The quantitative estimate of drug-likeness (QED) is 0.586. The number of rotatable bonds is 5. The van der Waals surface area contributed by atoms with E-state index in [0.29, 0.717) is 18.4 Å². The van der Waals surface area contributed by atoms with E-state index in [0.717, 1.165) is 42.2 Å². The molecule has 2 aromatic heterocycles.